The number of benzene rings is 2. The molecule has 51 heavy (non-hydrogen) atoms. The summed E-state index contributed by atoms with van der Waals surface area (Å²) in [6, 6.07) is 12.1. The molecule has 0 spiro atoms. The molecular weight excluding hydrogens is 691 g/mol. The SMILES string of the molecule is CCN(CCCNCc1ncc(-c2cccc(-c3cccc(-c4cnc(CNC[C@@H]5CCC(=O)N5)c(OC)n4)c3Cl)c2Cl)nc1OC)C1COC1. The van der Waals surface area contributed by atoms with Gasteiger partial charge in [-0.1, -0.05) is 66.5 Å². The van der Waals surface area contributed by atoms with Crippen LogP contribution < -0.4 is 25.4 Å². The molecule has 1 amide bonds. The molecule has 2 aromatic carbocycles. The molecule has 14 heteroatoms. The largest absolute Gasteiger partial charge is 0.480 e. The fourth-order valence-corrected chi connectivity index (χ4v) is 6.99. The van der Waals surface area contributed by atoms with Gasteiger partial charge in [0, 0.05) is 54.4 Å². The van der Waals surface area contributed by atoms with Gasteiger partial charge in [0.1, 0.15) is 11.4 Å². The van der Waals surface area contributed by atoms with Crippen LogP contribution in [0.4, 0.5) is 0 Å². The first-order valence-electron chi connectivity index (χ1n) is 17.3. The number of halogens is 2. The zero-order valence-corrected chi connectivity index (χ0v) is 30.7. The minimum absolute atomic E-state index is 0.0860. The van der Waals surface area contributed by atoms with Gasteiger partial charge in [-0.25, -0.2) is 9.97 Å². The third-order valence-electron chi connectivity index (χ3n) is 9.25. The number of nitrogens with one attached hydrogen (secondary N) is 3. The lowest BCUT2D eigenvalue weighted by Gasteiger charge is -2.36. The summed E-state index contributed by atoms with van der Waals surface area (Å²) < 4.78 is 16.6. The van der Waals surface area contributed by atoms with Crippen LogP contribution in [0.1, 0.15) is 37.6 Å². The van der Waals surface area contributed by atoms with Crippen molar-refractivity contribution in [3.63, 3.8) is 0 Å². The zero-order chi connectivity index (χ0) is 35.7. The van der Waals surface area contributed by atoms with Crippen LogP contribution in [0, 0.1) is 0 Å². The molecule has 0 aliphatic carbocycles. The van der Waals surface area contributed by atoms with Gasteiger partial charge in [-0.15, -0.1) is 0 Å². The summed E-state index contributed by atoms with van der Waals surface area (Å²) >= 11 is 14.1. The van der Waals surface area contributed by atoms with Gasteiger partial charge < -0.3 is 30.2 Å². The van der Waals surface area contributed by atoms with Crippen LogP contribution in [0.15, 0.2) is 48.8 Å². The van der Waals surface area contributed by atoms with Gasteiger partial charge >= 0.3 is 0 Å². The number of likely N-dealkylation sites (N-methyl/N-ethyl adjacent to an activating group) is 1. The Morgan fingerprint density at radius 2 is 1.45 bits per heavy atom. The Kier molecular flexibility index (Phi) is 12.7. The van der Waals surface area contributed by atoms with E-state index in [-0.39, 0.29) is 11.9 Å². The highest BCUT2D eigenvalue weighted by atomic mass is 35.5. The number of carbonyl (C=O) groups is 1. The summed E-state index contributed by atoms with van der Waals surface area (Å²) in [5, 5.41) is 10.7. The van der Waals surface area contributed by atoms with E-state index in [1.807, 2.05) is 36.4 Å². The van der Waals surface area contributed by atoms with Crippen molar-refractivity contribution in [1.29, 1.82) is 0 Å². The number of rotatable bonds is 17. The predicted molar refractivity (Wildman–Crippen MR) is 198 cm³/mol. The molecule has 0 unspecified atom stereocenters. The average molecular weight is 736 g/mol. The van der Waals surface area contributed by atoms with E-state index in [2.05, 4.69) is 32.8 Å². The van der Waals surface area contributed by atoms with Gasteiger partial charge in [0.15, 0.2) is 0 Å². The Bertz CT molecular complexity index is 1830. The lowest BCUT2D eigenvalue weighted by molar-refractivity contribution is -0.119. The summed E-state index contributed by atoms with van der Waals surface area (Å²) in [6.07, 6.45) is 5.81. The number of ether oxygens (including phenoxy) is 3. The number of hydrogen-bond donors (Lipinski definition) is 3. The van der Waals surface area contributed by atoms with Crippen molar-refractivity contribution in [2.24, 2.45) is 0 Å². The van der Waals surface area contributed by atoms with E-state index < -0.39 is 0 Å². The third kappa shape index (κ3) is 8.77. The standard InChI is InChI=1S/C37H44Cl2N8O4/c1-4-47(24-21-51-22-24)15-7-14-40-17-31-36(49-2)45-29(19-42-31)27-10-5-8-25(34(27)38)26-9-6-11-28(35(26)39)30-20-43-32(37(46-30)50-3)18-41-16-23-12-13-33(48)44-23/h5-6,8-11,19-20,23-24,40-41H,4,7,12-18,21-22H2,1-3H3,(H,44,48)/t23-/m0/s1. The van der Waals surface area contributed by atoms with E-state index in [9.17, 15) is 4.79 Å². The van der Waals surface area contributed by atoms with E-state index in [0.717, 1.165) is 62.5 Å². The summed E-state index contributed by atoms with van der Waals surface area (Å²) in [6.45, 7) is 8.38. The second-order valence-electron chi connectivity index (χ2n) is 12.5. The summed E-state index contributed by atoms with van der Waals surface area (Å²) in [5.74, 6) is 0.924. The topological polar surface area (TPSA) is 136 Å². The van der Waals surface area contributed by atoms with Crippen molar-refractivity contribution >= 4 is 29.1 Å². The Morgan fingerprint density at radius 3 is 1.94 bits per heavy atom. The first kappa shape index (κ1) is 36.9. The molecule has 270 valence electrons. The Hall–Kier alpha value is -3.91. The molecule has 4 heterocycles. The van der Waals surface area contributed by atoms with Crippen LogP contribution in [0.2, 0.25) is 10.0 Å². The molecule has 2 aliphatic rings. The van der Waals surface area contributed by atoms with Gasteiger partial charge in [0.05, 0.1) is 67.3 Å². The zero-order valence-electron chi connectivity index (χ0n) is 29.2. The van der Waals surface area contributed by atoms with Crippen LogP contribution in [-0.4, -0.2) is 96.4 Å². The van der Waals surface area contributed by atoms with Crippen LogP contribution in [-0.2, 0) is 22.6 Å². The molecule has 4 aromatic rings. The molecule has 0 bridgehead atoms. The molecule has 2 aliphatic heterocycles. The van der Waals surface area contributed by atoms with Gasteiger partial charge in [-0.2, -0.15) is 0 Å². The van der Waals surface area contributed by atoms with E-state index in [1.54, 1.807) is 26.6 Å². The highest BCUT2D eigenvalue weighted by molar-refractivity contribution is 6.39. The molecule has 1 atom stereocenters. The van der Waals surface area contributed by atoms with E-state index >= 15 is 0 Å². The first-order chi connectivity index (χ1) is 24.9. The van der Waals surface area contributed by atoms with Crippen LogP contribution in [0.5, 0.6) is 11.8 Å². The van der Waals surface area contributed by atoms with E-state index in [4.69, 9.17) is 52.4 Å². The van der Waals surface area contributed by atoms with Gasteiger partial charge in [0.25, 0.3) is 0 Å². The van der Waals surface area contributed by atoms with Crippen molar-refractivity contribution in [2.45, 2.75) is 51.4 Å². The molecule has 0 saturated carbocycles. The molecule has 2 saturated heterocycles. The van der Waals surface area contributed by atoms with Gasteiger partial charge in [-0.3, -0.25) is 19.7 Å². The second-order valence-corrected chi connectivity index (χ2v) is 13.3. The average Bonchev–Trinajstić information content (AvgIpc) is 3.55. The maximum atomic E-state index is 11.5. The molecule has 2 aromatic heterocycles. The lowest BCUT2D eigenvalue weighted by atomic mass is 9.98. The predicted octanol–water partition coefficient (Wildman–Crippen LogP) is 5.16. The first-order valence-corrected chi connectivity index (χ1v) is 18.1. The fourth-order valence-electron chi connectivity index (χ4n) is 6.34. The highest BCUT2D eigenvalue weighted by Crippen LogP contribution is 2.42. The molecule has 12 nitrogen and oxygen atoms in total. The van der Waals surface area contributed by atoms with Crippen molar-refractivity contribution < 1.29 is 19.0 Å². The number of amides is 1. The Labute approximate surface area is 308 Å². The number of aromatic nitrogens is 4. The molecule has 6 rings (SSSR count). The second kappa shape index (κ2) is 17.5. The van der Waals surface area contributed by atoms with Crippen molar-refractivity contribution in [1.82, 2.24) is 40.8 Å². The highest BCUT2D eigenvalue weighted by Gasteiger charge is 2.24. The Balaban J connectivity index is 1.15. The molecular formula is C37H44Cl2N8O4. The quantitative estimate of drug-likeness (QED) is 0.124. The number of carbonyl (C=O) groups excluding carboxylic acids is 1. The minimum atomic E-state index is 0.0860. The number of hydrogen-bond acceptors (Lipinski definition) is 11. The maximum Gasteiger partial charge on any atom is 0.237 e. The fraction of sp³-hybridized carbons (Fsp3) is 0.432. The minimum Gasteiger partial charge on any atom is -0.480 e. The Morgan fingerprint density at radius 1 is 0.882 bits per heavy atom. The normalized spacial score (nSPS) is 16.0. The summed E-state index contributed by atoms with van der Waals surface area (Å²) in [5.41, 5.74) is 5.40. The monoisotopic (exact) mass is 734 g/mol. The summed E-state index contributed by atoms with van der Waals surface area (Å²) in [4.78, 5) is 32.8. The van der Waals surface area contributed by atoms with Crippen molar-refractivity contribution in [3.8, 4) is 45.4 Å². The maximum absolute atomic E-state index is 11.5. The number of methoxy groups -OCH3 is 2. The lowest BCUT2D eigenvalue weighted by Crippen LogP contribution is -2.49. The van der Waals surface area contributed by atoms with Crippen molar-refractivity contribution in [2.75, 3.05) is 53.6 Å². The third-order valence-corrected chi connectivity index (χ3v) is 10.1. The van der Waals surface area contributed by atoms with Crippen molar-refractivity contribution in [3.05, 3.63) is 70.2 Å². The van der Waals surface area contributed by atoms with Crippen LogP contribution in [0.3, 0.4) is 0 Å². The van der Waals surface area contributed by atoms with Gasteiger partial charge in [-0.05, 0) is 32.5 Å². The molecule has 3 N–H and O–H groups in total. The van der Waals surface area contributed by atoms with Crippen LogP contribution >= 0.6 is 23.2 Å². The van der Waals surface area contributed by atoms with E-state index in [1.165, 1.54) is 0 Å². The van der Waals surface area contributed by atoms with Gasteiger partial charge in [0.2, 0.25) is 17.7 Å². The molecule has 2 fully saturated rings. The van der Waals surface area contributed by atoms with Crippen LogP contribution in [0.25, 0.3) is 33.6 Å². The number of nitrogens with zero attached hydrogens (tertiary/aromatic N) is 5. The molecule has 0 radical (unpaired) electrons. The smallest absolute Gasteiger partial charge is 0.237 e. The summed E-state index contributed by atoms with van der Waals surface area (Å²) in [7, 11) is 3.16. The van der Waals surface area contributed by atoms with E-state index in [0.29, 0.717) is 82.1 Å².